The number of nitrogens with zero attached hydrogens (tertiary/aromatic N) is 3. The second-order valence-corrected chi connectivity index (χ2v) is 4.26. The molecule has 0 unspecified atom stereocenters. The maximum absolute atomic E-state index is 4.47. The molecule has 1 aliphatic carbocycles. The summed E-state index contributed by atoms with van der Waals surface area (Å²) in [6.07, 6.45) is 8.52. The molecule has 0 spiro atoms. The van der Waals surface area contributed by atoms with Gasteiger partial charge in [0.2, 0.25) is 5.95 Å². The zero-order chi connectivity index (χ0) is 11.4. The smallest absolute Gasteiger partial charge is 0.225 e. The van der Waals surface area contributed by atoms with Crippen LogP contribution in [0.2, 0.25) is 0 Å². The van der Waals surface area contributed by atoms with Gasteiger partial charge in [0.25, 0.3) is 0 Å². The number of aromatic nitrogens is 2. The third-order valence-electron chi connectivity index (χ3n) is 2.68. The van der Waals surface area contributed by atoms with Crippen LogP contribution in [0.1, 0.15) is 18.5 Å². The molecule has 4 heteroatoms. The Bertz CT molecular complexity index is 365. The van der Waals surface area contributed by atoms with E-state index in [9.17, 15) is 0 Å². The zero-order valence-corrected chi connectivity index (χ0v) is 9.85. The van der Waals surface area contributed by atoms with Gasteiger partial charge in [-0.2, -0.15) is 0 Å². The molecule has 0 radical (unpaired) electrons. The maximum Gasteiger partial charge on any atom is 0.225 e. The van der Waals surface area contributed by atoms with Crippen LogP contribution in [0.5, 0.6) is 0 Å². The van der Waals surface area contributed by atoms with Crippen LogP contribution < -0.4 is 10.2 Å². The summed E-state index contributed by atoms with van der Waals surface area (Å²) < 4.78 is 0. The van der Waals surface area contributed by atoms with E-state index >= 15 is 0 Å². The van der Waals surface area contributed by atoms with Crippen LogP contribution in [0.4, 0.5) is 5.95 Å². The summed E-state index contributed by atoms with van der Waals surface area (Å²) in [5.41, 5.74) is 1.05. The molecule has 1 N–H and O–H groups in total. The average molecular weight is 218 g/mol. The third kappa shape index (κ3) is 2.79. The molecule has 1 aromatic rings. The van der Waals surface area contributed by atoms with Gasteiger partial charge in [-0.3, -0.25) is 0 Å². The summed E-state index contributed by atoms with van der Waals surface area (Å²) in [7, 11) is 3.90. The summed E-state index contributed by atoms with van der Waals surface area (Å²) in [6, 6.07) is 2.54. The van der Waals surface area contributed by atoms with Crippen molar-refractivity contribution >= 4 is 5.95 Å². The molecule has 0 saturated heterocycles. The molecule has 0 saturated carbocycles. The van der Waals surface area contributed by atoms with Crippen molar-refractivity contribution in [2.24, 2.45) is 0 Å². The van der Waals surface area contributed by atoms with E-state index in [4.69, 9.17) is 0 Å². The van der Waals surface area contributed by atoms with E-state index in [0.29, 0.717) is 6.04 Å². The number of hydrogen-bond acceptors (Lipinski definition) is 4. The molecule has 0 fully saturated rings. The maximum atomic E-state index is 4.47. The van der Waals surface area contributed by atoms with Crippen molar-refractivity contribution in [1.29, 1.82) is 0 Å². The lowest BCUT2D eigenvalue weighted by Gasteiger charge is -2.13. The van der Waals surface area contributed by atoms with E-state index in [1.54, 1.807) is 0 Å². The molecule has 2 rings (SSSR count). The van der Waals surface area contributed by atoms with Crippen molar-refractivity contribution in [3.63, 3.8) is 0 Å². The summed E-state index contributed by atoms with van der Waals surface area (Å²) >= 11 is 0. The Balaban J connectivity index is 1.91. The molecule has 0 aromatic carbocycles. The number of anilines is 1. The van der Waals surface area contributed by atoms with Gasteiger partial charge >= 0.3 is 0 Å². The highest BCUT2D eigenvalue weighted by atomic mass is 15.2. The summed E-state index contributed by atoms with van der Waals surface area (Å²) in [4.78, 5) is 10.6. The van der Waals surface area contributed by atoms with Gasteiger partial charge in [0.1, 0.15) is 0 Å². The number of hydrogen-bond donors (Lipinski definition) is 1. The molecule has 0 atom stereocenters. The first kappa shape index (κ1) is 11.1. The van der Waals surface area contributed by atoms with Crippen LogP contribution in [0, 0.1) is 0 Å². The fraction of sp³-hybridized carbons (Fsp3) is 0.500. The van der Waals surface area contributed by atoms with E-state index in [1.807, 2.05) is 31.3 Å². The predicted octanol–water partition coefficient (Wildman–Crippen LogP) is 1.35. The van der Waals surface area contributed by atoms with Crippen LogP contribution in [-0.4, -0.2) is 30.1 Å². The molecule has 16 heavy (non-hydrogen) atoms. The minimum Gasteiger partial charge on any atom is -0.347 e. The highest BCUT2D eigenvalue weighted by Crippen LogP contribution is 2.10. The Morgan fingerprint density at radius 1 is 1.38 bits per heavy atom. The van der Waals surface area contributed by atoms with Crippen LogP contribution in [0.3, 0.4) is 0 Å². The largest absolute Gasteiger partial charge is 0.347 e. The molecular weight excluding hydrogens is 200 g/mol. The molecule has 0 amide bonds. The number of rotatable bonds is 4. The quantitative estimate of drug-likeness (QED) is 0.775. The van der Waals surface area contributed by atoms with E-state index in [2.05, 4.69) is 27.4 Å². The molecule has 1 aromatic heterocycles. The fourth-order valence-electron chi connectivity index (χ4n) is 1.73. The number of nitrogens with one attached hydrogen (secondary N) is 1. The average Bonchev–Trinajstić information content (AvgIpc) is 2.79. The van der Waals surface area contributed by atoms with Crippen LogP contribution >= 0.6 is 0 Å². The van der Waals surface area contributed by atoms with Crippen LogP contribution in [-0.2, 0) is 6.54 Å². The first-order chi connectivity index (χ1) is 7.75. The highest BCUT2D eigenvalue weighted by Gasteiger charge is 2.09. The van der Waals surface area contributed by atoms with Crippen molar-refractivity contribution < 1.29 is 0 Å². The van der Waals surface area contributed by atoms with Crippen molar-refractivity contribution in [3.05, 3.63) is 30.1 Å². The van der Waals surface area contributed by atoms with Crippen molar-refractivity contribution in [2.45, 2.75) is 25.4 Å². The van der Waals surface area contributed by atoms with Crippen molar-refractivity contribution in [1.82, 2.24) is 15.3 Å². The zero-order valence-electron chi connectivity index (χ0n) is 9.85. The highest BCUT2D eigenvalue weighted by molar-refractivity contribution is 5.27. The lowest BCUT2D eigenvalue weighted by Crippen LogP contribution is -2.26. The van der Waals surface area contributed by atoms with Gasteiger partial charge in [0.05, 0.1) is 5.69 Å². The van der Waals surface area contributed by atoms with Crippen LogP contribution in [0.25, 0.3) is 0 Å². The fourth-order valence-corrected chi connectivity index (χ4v) is 1.73. The van der Waals surface area contributed by atoms with Gasteiger partial charge in [0.15, 0.2) is 0 Å². The Hall–Kier alpha value is -1.42. The molecule has 4 nitrogen and oxygen atoms in total. The normalized spacial score (nSPS) is 15.6. The third-order valence-corrected chi connectivity index (χ3v) is 2.68. The van der Waals surface area contributed by atoms with Gasteiger partial charge in [-0.15, -0.1) is 0 Å². The second-order valence-electron chi connectivity index (χ2n) is 4.26. The van der Waals surface area contributed by atoms with Gasteiger partial charge in [-0.1, -0.05) is 12.2 Å². The summed E-state index contributed by atoms with van der Waals surface area (Å²) in [6.45, 7) is 0.815. The first-order valence-electron chi connectivity index (χ1n) is 5.63. The van der Waals surface area contributed by atoms with Gasteiger partial charge in [-0.25, -0.2) is 9.97 Å². The Kier molecular flexibility index (Phi) is 3.51. The predicted molar refractivity (Wildman–Crippen MR) is 65.4 cm³/mol. The molecule has 0 aliphatic heterocycles. The molecular formula is C12H18N4. The second kappa shape index (κ2) is 5.07. The van der Waals surface area contributed by atoms with Gasteiger partial charge in [0, 0.05) is 32.9 Å². The Labute approximate surface area is 96.4 Å². The molecule has 1 aliphatic rings. The van der Waals surface area contributed by atoms with Crippen molar-refractivity contribution in [2.75, 3.05) is 19.0 Å². The monoisotopic (exact) mass is 218 g/mol. The van der Waals surface area contributed by atoms with E-state index in [-0.39, 0.29) is 0 Å². The Morgan fingerprint density at radius 3 is 2.81 bits per heavy atom. The minimum absolute atomic E-state index is 0.581. The first-order valence-corrected chi connectivity index (χ1v) is 5.63. The van der Waals surface area contributed by atoms with E-state index in [0.717, 1.165) is 31.0 Å². The van der Waals surface area contributed by atoms with E-state index < -0.39 is 0 Å². The lowest BCUT2D eigenvalue weighted by molar-refractivity contribution is 0.532. The standard InChI is InChI=1S/C12H18N4/c1-16(2)12-13-8-7-11(15-12)9-14-10-5-3-4-6-10/h3-4,7-8,10,14H,5-6,9H2,1-2H3. The molecule has 1 heterocycles. The summed E-state index contributed by atoms with van der Waals surface area (Å²) in [5.74, 6) is 0.767. The Morgan fingerprint density at radius 2 is 2.12 bits per heavy atom. The van der Waals surface area contributed by atoms with E-state index in [1.165, 1.54) is 0 Å². The summed E-state index contributed by atoms with van der Waals surface area (Å²) in [5, 5.41) is 3.49. The van der Waals surface area contributed by atoms with Gasteiger partial charge in [-0.05, 0) is 18.9 Å². The molecule has 0 bridgehead atoms. The molecule has 86 valence electrons. The van der Waals surface area contributed by atoms with Gasteiger partial charge < -0.3 is 10.2 Å². The lowest BCUT2D eigenvalue weighted by atomic mass is 10.2. The van der Waals surface area contributed by atoms with Crippen molar-refractivity contribution in [3.8, 4) is 0 Å². The topological polar surface area (TPSA) is 41.1 Å². The SMILES string of the molecule is CN(C)c1nccc(CNC2CC=CC2)n1. The van der Waals surface area contributed by atoms with Crippen LogP contribution in [0.15, 0.2) is 24.4 Å². The minimum atomic E-state index is 0.581.